The van der Waals surface area contributed by atoms with Crippen LogP contribution < -0.4 is 21.1 Å². The van der Waals surface area contributed by atoms with Gasteiger partial charge in [0.15, 0.2) is 5.76 Å². The van der Waals surface area contributed by atoms with Crippen molar-refractivity contribution in [1.29, 1.82) is 0 Å². The Labute approximate surface area is 185 Å². The Morgan fingerprint density at radius 2 is 1.97 bits per heavy atom. The van der Waals surface area contributed by atoms with Gasteiger partial charge in [-0.1, -0.05) is 11.8 Å². The molecule has 1 aromatic carbocycles. The van der Waals surface area contributed by atoms with Crippen LogP contribution in [0.4, 0.5) is 16.0 Å². The minimum Gasteiger partial charge on any atom is -0.477 e. The average Bonchev–Trinajstić information content (AvgIpc) is 3.05. The van der Waals surface area contributed by atoms with Gasteiger partial charge in [-0.15, -0.1) is 0 Å². The first-order valence-electron chi connectivity index (χ1n) is 10.1. The van der Waals surface area contributed by atoms with Crippen LogP contribution in [0, 0.1) is 12.7 Å². The highest BCUT2D eigenvalue weighted by atomic mass is 32.2. The Morgan fingerprint density at radius 1 is 1.22 bits per heavy atom. The number of pyridine rings is 1. The number of piperazine rings is 1. The molecule has 0 unspecified atom stereocenters. The summed E-state index contributed by atoms with van der Waals surface area (Å²) in [5, 5.41) is 9.87. The number of benzene rings is 1. The summed E-state index contributed by atoms with van der Waals surface area (Å²) in [4.78, 5) is 39.6. The quantitative estimate of drug-likeness (QED) is 0.629. The molecule has 1 saturated heterocycles. The summed E-state index contributed by atoms with van der Waals surface area (Å²) in [5.74, 6) is -1.88. The van der Waals surface area contributed by atoms with Crippen molar-refractivity contribution in [3.05, 3.63) is 50.1 Å². The molecule has 1 N–H and O–H groups in total. The second-order valence-electron chi connectivity index (χ2n) is 8.03. The highest BCUT2D eigenvalue weighted by molar-refractivity contribution is 8.00. The number of fused-ring (bicyclic) bond motifs is 3. The third-order valence-corrected chi connectivity index (χ3v) is 7.21. The number of aromatic carboxylic acids is 1. The molecule has 168 valence electrons. The number of carbonyl (C=O) groups is 1. The van der Waals surface area contributed by atoms with Crippen LogP contribution in [0.1, 0.15) is 35.3 Å². The zero-order chi connectivity index (χ0) is 22.9. The maximum atomic E-state index is 15.2. The van der Waals surface area contributed by atoms with Gasteiger partial charge < -0.3 is 28.3 Å². The van der Waals surface area contributed by atoms with Gasteiger partial charge in [0.1, 0.15) is 11.4 Å². The van der Waals surface area contributed by atoms with Crippen molar-refractivity contribution in [1.82, 2.24) is 4.57 Å². The second kappa shape index (κ2) is 7.16. The summed E-state index contributed by atoms with van der Waals surface area (Å²) in [7, 11) is 0. The smallest absolute Gasteiger partial charge is 0.477 e. The van der Waals surface area contributed by atoms with Crippen molar-refractivity contribution < 1.29 is 23.1 Å². The molecule has 2 aliphatic rings. The van der Waals surface area contributed by atoms with Crippen LogP contribution in [0.25, 0.3) is 10.9 Å². The van der Waals surface area contributed by atoms with Gasteiger partial charge in [0.25, 0.3) is 0 Å². The van der Waals surface area contributed by atoms with E-state index in [1.165, 1.54) is 11.8 Å². The van der Waals surface area contributed by atoms with Crippen LogP contribution in [-0.4, -0.2) is 41.3 Å². The van der Waals surface area contributed by atoms with Crippen molar-refractivity contribution in [2.75, 3.05) is 29.4 Å². The predicted molar refractivity (Wildman–Crippen MR) is 117 cm³/mol. The summed E-state index contributed by atoms with van der Waals surface area (Å²) >= 11 is 1.31. The molecule has 0 radical (unpaired) electrons. The Morgan fingerprint density at radius 3 is 2.56 bits per heavy atom. The van der Waals surface area contributed by atoms with Gasteiger partial charge in [-0.05, 0) is 32.9 Å². The van der Waals surface area contributed by atoms with Crippen molar-refractivity contribution in [3.63, 3.8) is 0 Å². The highest BCUT2D eigenvalue weighted by Crippen LogP contribution is 2.46. The van der Waals surface area contributed by atoms with E-state index >= 15 is 4.39 Å². The van der Waals surface area contributed by atoms with Gasteiger partial charge in [0.05, 0.1) is 21.6 Å². The zero-order valence-electron chi connectivity index (χ0n) is 17.5. The van der Waals surface area contributed by atoms with Crippen LogP contribution in [0.15, 0.2) is 35.6 Å². The monoisotopic (exact) mass is 461 g/mol. The molecule has 0 aliphatic carbocycles. The largest absolute Gasteiger partial charge is 0.520 e. The zero-order valence-corrected chi connectivity index (χ0v) is 18.4. The normalized spacial score (nSPS) is 20.4. The maximum Gasteiger partial charge on any atom is 0.520 e. The molecule has 0 saturated carbocycles. The lowest BCUT2D eigenvalue weighted by Gasteiger charge is -2.41. The number of halogens is 1. The lowest BCUT2D eigenvalue weighted by atomic mass is 10.1. The maximum absolute atomic E-state index is 15.2. The summed E-state index contributed by atoms with van der Waals surface area (Å²) in [6.45, 7) is 6.89. The SMILES string of the molecule is Cc1oc(=O)oc1N1CCN(c2cc3c(cc2F)c(=O)c(C(=O)O)c2n3[C@H](C)S2)[C@H](C)C1. The minimum atomic E-state index is -1.31. The van der Waals surface area contributed by atoms with E-state index in [-0.39, 0.29) is 22.4 Å². The van der Waals surface area contributed by atoms with Gasteiger partial charge in [-0.3, -0.25) is 4.79 Å². The highest BCUT2D eigenvalue weighted by Gasteiger charge is 2.34. The standard InChI is InChI=1S/C21H20FN3O6S/c1-9-8-23(18-10(2)30-21(29)31-18)4-5-24(9)15-7-14-12(6-13(15)22)17(26)16(20(27)28)19-25(14)11(3)32-19/h6-7,9,11H,4-5,8H2,1-3H3,(H,27,28)/t9-,11+/m1/s1. The van der Waals surface area contributed by atoms with Crippen molar-refractivity contribution in [2.45, 2.75) is 37.2 Å². The van der Waals surface area contributed by atoms with Crippen molar-refractivity contribution in [3.8, 4) is 0 Å². The number of aryl methyl sites for hydroxylation is 1. The predicted octanol–water partition coefficient (Wildman–Crippen LogP) is 3.03. The topological polar surface area (TPSA) is 109 Å². The number of carboxylic acid groups (broad SMARTS) is 1. The molecule has 3 aromatic rings. The molecule has 32 heavy (non-hydrogen) atoms. The van der Waals surface area contributed by atoms with E-state index in [1.54, 1.807) is 17.6 Å². The molecule has 2 aliphatic heterocycles. The van der Waals surface area contributed by atoms with Gasteiger partial charge in [-0.2, -0.15) is 0 Å². The van der Waals surface area contributed by atoms with Crippen LogP contribution in [0.5, 0.6) is 0 Å². The number of hydrogen-bond acceptors (Lipinski definition) is 8. The third-order valence-electron chi connectivity index (χ3n) is 6.03. The molecule has 0 spiro atoms. The lowest BCUT2D eigenvalue weighted by Crippen LogP contribution is -2.52. The van der Waals surface area contributed by atoms with Crippen LogP contribution in [0.2, 0.25) is 0 Å². The molecule has 0 bridgehead atoms. The Bertz CT molecular complexity index is 1390. The summed E-state index contributed by atoms with van der Waals surface area (Å²) in [5.41, 5.74) is -0.126. The van der Waals surface area contributed by atoms with Crippen LogP contribution in [-0.2, 0) is 0 Å². The van der Waals surface area contributed by atoms with Gasteiger partial charge in [-0.25, -0.2) is 14.0 Å². The summed E-state index contributed by atoms with van der Waals surface area (Å²) in [6, 6.07) is 2.64. The number of thioether (sulfide) groups is 1. The molecular weight excluding hydrogens is 441 g/mol. The average molecular weight is 461 g/mol. The fourth-order valence-corrected chi connectivity index (χ4v) is 5.73. The molecule has 4 heterocycles. The molecule has 0 amide bonds. The lowest BCUT2D eigenvalue weighted by molar-refractivity contribution is 0.0689. The number of carboxylic acids is 1. The Hall–Kier alpha value is -3.21. The number of nitrogens with zero attached hydrogens (tertiary/aromatic N) is 3. The Kier molecular flexibility index (Phi) is 4.63. The summed E-state index contributed by atoms with van der Waals surface area (Å²) in [6.07, 6.45) is 0. The van der Waals surface area contributed by atoms with E-state index in [2.05, 4.69) is 0 Å². The van der Waals surface area contributed by atoms with E-state index < -0.39 is 23.0 Å². The second-order valence-corrected chi connectivity index (χ2v) is 9.33. The first kappa shape index (κ1) is 20.7. The fourth-order valence-electron chi connectivity index (χ4n) is 4.57. The van der Waals surface area contributed by atoms with Crippen molar-refractivity contribution in [2.24, 2.45) is 0 Å². The molecule has 5 rings (SSSR count). The molecule has 9 nitrogen and oxygen atoms in total. The van der Waals surface area contributed by atoms with E-state index in [0.717, 1.165) is 6.07 Å². The minimum absolute atomic E-state index is 0.0571. The van der Waals surface area contributed by atoms with E-state index in [9.17, 15) is 19.5 Å². The molecule has 2 aromatic heterocycles. The van der Waals surface area contributed by atoms with Crippen molar-refractivity contribution >= 4 is 40.2 Å². The van der Waals surface area contributed by atoms with Crippen LogP contribution in [0.3, 0.4) is 0 Å². The number of aromatic nitrogens is 1. The number of anilines is 2. The van der Waals surface area contributed by atoms with Crippen LogP contribution >= 0.6 is 11.8 Å². The van der Waals surface area contributed by atoms with Gasteiger partial charge in [0.2, 0.25) is 11.3 Å². The van der Waals surface area contributed by atoms with E-state index in [1.807, 2.05) is 23.6 Å². The first-order valence-corrected chi connectivity index (χ1v) is 11.0. The summed E-state index contributed by atoms with van der Waals surface area (Å²) < 4.78 is 27.1. The molecule has 11 heteroatoms. The van der Waals surface area contributed by atoms with E-state index in [4.69, 9.17) is 8.83 Å². The number of hydrogen-bond donors (Lipinski definition) is 1. The molecule has 2 atom stereocenters. The Balaban J connectivity index is 1.56. The fraction of sp³-hybridized carbons (Fsp3) is 0.381. The van der Waals surface area contributed by atoms with E-state index in [0.29, 0.717) is 47.5 Å². The third kappa shape index (κ3) is 2.94. The van der Waals surface area contributed by atoms with Gasteiger partial charge >= 0.3 is 11.8 Å². The molecule has 1 fully saturated rings. The number of rotatable bonds is 3. The first-order chi connectivity index (χ1) is 15.2. The molecular formula is C21H20FN3O6S. The van der Waals surface area contributed by atoms with Gasteiger partial charge in [0, 0.05) is 31.1 Å².